The van der Waals surface area contributed by atoms with Crippen LogP contribution in [0.4, 0.5) is 10.5 Å². The van der Waals surface area contributed by atoms with Gasteiger partial charge in [0.1, 0.15) is 0 Å². The zero-order chi connectivity index (χ0) is 20.8. The Bertz CT molecular complexity index is 1210. The molecule has 2 aliphatic rings. The Morgan fingerprint density at radius 2 is 1.70 bits per heavy atom. The van der Waals surface area contributed by atoms with Crippen molar-refractivity contribution in [2.24, 2.45) is 0 Å². The highest BCUT2D eigenvalue weighted by atomic mass is 16.2. The number of amides is 3. The topological polar surface area (TPSA) is 70.2 Å². The molecule has 150 valence electrons. The lowest BCUT2D eigenvalue weighted by Crippen LogP contribution is -2.46. The minimum absolute atomic E-state index is 0.225. The number of aryl methyl sites for hydroxylation is 3. The molecule has 3 amide bonds. The van der Waals surface area contributed by atoms with Crippen LogP contribution in [0.15, 0.2) is 65.9 Å². The summed E-state index contributed by atoms with van der Waals surface area (Å²) < 4.78 is 0. The third kappa shape index (κ3) is 3.03. The van der Waals surface area contributed by atoms with E-state index in [9.17, 15) is 9.59 Å². The van der Waals surface area contributed by atoms with E-state index in [1.54, 1.807) is 6.92 Å². The molecule has 1 heterocycles. The van der Waals surface area contributed by atoms with Gasteiger partial charge in [-0.1, -0.05) is 48.0 Å². The number of benzene rings is 3. The second kappa shape index (κ2) is 7.02. The number of hydrogen-bond acceptors (Lipinski definition) is 2. The van der Waals surface area contributed by atoms with Gasteiger partial charge in [-0.05, 0) is 66.3 Å². The van der Waals surface area contributed by atoms with E-state index in [1.165, 1.54) is 16.5 Å². The van der Waals surface area contributed by atoms with E-state index >= 15 is 0 Å². The largest absolute Gasteiger partial charge is 0.327 e. The van der Waals surface area contributed by atoms with Crippen LogP contribution in [0.1, 0.15) is 35.2 Å². The van der Waals surface area contributed by atoms with Crippen LogP contribution in [0.2, 0.25) is 0 Å². The van der Waals surface area contributed by atoms with Gasteiger partial charge in [-0.25, -0.2) is 4.79 Å². The lowest BCUT2D eigenvalue weighted by molar-refractivity contribution is -0.113. The zero-order valence-corrected chi connectivity index (χ0v) is 17.0. The first-order valence-corrected chi connectivity index (χ1v) is 10.2. The van der Waals surface area contributed by atoms with Crippen molar-refractivity contribution >= 4 is 28.4 Å². The van der Waals surface area contributed by atoms with Crippen molar-refractivity contribution in [1.82, 2.24) is 10.6 Å². The summed E-state index contributed by atoms with van der Waals surface area (Å²) in [6, 6.07) is 17.3. The van der Waals surface area contributed by atoms with Gasteiger partial charge in [-0.2, -0.15) is 0 Å². The van der Waals surface area contributed by atoms with Crippen molar-refractivity contribution in [1.29, 1.82) is 0 Å². The Hall–Kier alpha value is -3.60. The molecule has 3 aromatic carbocycles. The number of carbonyl (C=O) groups excluding carboxylic acids is 2. The molecule has 0 saturated carbocycles. The number of allylic oxidation sites excluding steroid dienone is 1. The standard InChI is InChI=1S/C25H23N3O2/c1-14-6-11-18(12-7-14)27-24(29)21-15(2)26-25(30)28-23(21)20-13-10-17-9-8-16-4-3-5-19(20)22(16)17/h3-7,10-13,23H,8-9H2,1-2H3,(H,27,29)(H2,26,28,30)/t23-/m0/s1. The first-order chi connectivity index (χ1) is 14.5. The molecule has 5 rings (SSSR count). The molecule has 0 fully saturated rings. The lowest BCUT2D eigenvalue weighted by atomic mass is 9.89. The molecular formula is C25H23N3O2. The first-order valence-electron chi connectivity index (χ1n) is 10.2. The molecule has 5 heteroatoms. The number of anilines is 1. The van der Waals surface area contributed by atoms with Crippen molar-refractivity contribution in [3.63, 3.8) is 0 Å². The molecule has 1 aliphatic carbocycles. The van der Waals surface area contributed by atoms with Gasteiger partial charge in [-0.15, -0.1) is 0 Å². The van der Waals surface area contributed by atoms with Gasteiger partial charge in [0, 0.05) is 11.4 Å². The summed E-state index contributed by atoms with van der Waals surface area (Å²) in [5.74, 6) is -0.225. The van der Waals surface area contributed by atoms with Crippen LogP contribution in [0.25, 0.3) is 10.8 Å². The van der Waals surface area contributed by atoms with E-state index in [0.29, 0.717) is 11.3 Å². The highest BCUT2D eigenvalue weighted by Crippen LogP contribution is 2.38. The summed E-state index contributed by atoms with van der Waals surface area (Å²) in [4.78, 5) is 25.6. The SMILES string of the molecule is CC1=C(C(=O)Nc2ccc(C)cc2)[C@H](c2ccc3c4c(cccc24)CC3)NC(=O)N1. The third-order valence-electron chi connectivity index (χ3n) is 6.04. The molecule has 3 N–H and O–H groups in total. The van der Waals surface area contributed by atoms with Crippen LogP contribution in [0, 0.1) is 6.92 Å². The summed E-state index contributed by atoms with van der Waals surface area (Å²) >= 11 is 0. The number of carbonyl (C=O) groups is 2. The van der Waals surface area contributed by atoms with Crippen LogP contribution in [0.3, 0.4) is 0 Å². The van der Waals surface area contributed by atoms with E-state index in [1.807, 2.05) is 31.2 Å². The maximum Gasteiger partial charge on any atom is 0.319 e. The molecule has 0 unspecified atom stereocenters. The molecule has 5 nitrogen and oxygen atoms in total. The minimum Gasteiger partial charge on any atom is -0.327 e. The molecule has 30 heavy (non-hydrogen) atoms. The van der Waals surface area contributed by atoms with E-state index in [4.69, 9.17) is 0 Å². The zero-order valence-electron chi connectivity index (χ0n) is 17.0. The maximum atomic E-state index is 13.3. The Labute approximate surface area is 175 Å². The van der Waals surface area contributed by atoms with E-state index in [-0.39, 0.29) is 11.9 Å². The average Bonchev–Trinajstić information content (AvgIpc) is 3.14. The molecule has 0 saturated heterocycles. The Morgan fingerprint density at radius 3 is 2.47 bits per heavy atom. The normalized spacial score (nSPS) is 17.7. The molecule has 3 aromatic rings. The van der Waals surface area contributed by atoms with Crippen molar-refractivity contribution in [3.05, 3.63) is 88.1 Å². The Balaban J connectivity index is 1.59. The summed E-state index contributed by atoms with van der Waals surface area (Å²) in [7, 11) is 0. The number of hydrogen-bond donors (Lipinski definition) is 3. The predicted octanol–water partition coefficient (Wildman–Crippen LogP) is 4.51. The highest BCUT2D eigenvalue weighted by Gasteiger charge is 2.33. The van der Waals surface area contributed by atoms with Crippen LogP contribution in [0.5, 0.6) is 0 Å². The first kappa shape index (κ1) is 18.4. The molecule has 0 aromatic heterocycles. The van der Waals surface area contributed by atoms with Crippen molar-refractivity contribution in [2.75, 3.05) is 5.32 Å². The second-order valence-corrected chi connectivity index (χ2v) is 8.04. The van der Waals surface area contributed by atoms with Gasteiger partial charge >= 0.3 is 6.03 Å². The monoisotopic (exact) mass is 397 g/mol. The van der Waals surface area contributed by atoms with Gasteiger partial charge in [-0.3, -0.25) is 4.79 Å². The fourth-order valence-corrected chi connectivity index (χ4v) is 4.58. The highest BCUT2D eigenvalue weighted by molar-refractivity contribution is 6.07. The van der Waals surface area contributed by atoms with Gasteiger partial charge in [0.2, 0.25) is 0 Å². The maximum absolute atomic E-state index is 13.3. The molecular weight excluding hydrogens is 374 g/mol. The third-order valence-corrected chi connectivity index (χ3v) is 6.04. The molecule has 0 radical (unpaired) electrons. The van der Waals surface area contributed by atoms with Crippen LogP contribution >= 0.6 is 0 Å². The number of nitrogens with one attached hydrogen (secondary N) is 3. The summed E-state index contributed by atoms with van der Waals surface area (Å²) in [5.41, 5.74) is 6.54. The fourth-order valence-electron chi connectivity index (χ4n) is 4.58. The predicted molar refractivity (Wildman–Crippen MR) is 118 cm³/mol. The van der Waals surface area contributed by atoms with Crippen molar-refractivity contribution in [2.45, 2.75) is 32.7 Å². The molecule has 1 aliphatic heterocycles. The molecule has 0 spiro atoms. The van der Waals surface area contributed by atoms with Crippen LogP contribution in [-0.4, -0.2) is 11.9 Å². The van der Waals surface area contributed by atoms with E-state index in [2.05, 4.69) is 46.3 Å². The summed E-state index contributed by atoms with van der Waals surface area (Å²) in [6.45, 7) is 3.78. The van der Waals surface area contributed by atoms with E-state index in [0.717, 1.165) is 35.0 Å². The summed E-state index contributed by atoms with van der Waals surface area (Å²) in [6.07, 6.45) is 2.06. The van der Waals surface area contributed by atoms with Crippen molar-refractivity contribution < 1.29 is 9.59 Å². The van der Waals surface area contributed by atoms with Gasteiger partial charge in [0.25, 0.3) is 5.91 Å². The Morgan fingerprint density at radius 1 is 0.967 bits per heavy atom. The minimum atomic E-state index is -0.519. The summed E-state index contributed by atoms with van der Waals surface area (Å²) in [5, 5.41) is 11.1. The quantitative estimate of drug-likeness (QED) is 0.608. The van der Waals surface area contributed by atoms with Crippen LogP contribution < -0.4 is 16.0 Å². The van der Waals surface area contributed by atoms with Gasteiger partial charge < -0.3 is 16.0 Å². The second-order valence-electron chi connectivity index (χ2n) is 8.04. The number of urea groups is 1. The fraction of sp³-hybridized carbons (Fsp3) is 0.200. The lowest BCUT2D eigenvalue weighted by Gasteiger charge is -2.29. The van der Waals surface area contributed by atoms with Gasteiger partial charge in [0.15, 0.2) is 0 Å². The average molecular weight is 397 g/mol. The van der Waals surface area contributed by atoms with E-state index < -0.39 is 6.04 Å². The number of rotatable bonds is 3. The van der Waals surface area contributed by atoms with Gasteiger partial charge in [0.05, 0.1) is 11.6 Å². The van der Waals surface area contributed by atoms with Crippen molar-refractivity contribution in [3.8, 4) is 0 Å². The molecule has 0 bridgehead atoms. The Kier molecular flexibility index (Phi) is 4.31. The smallest absolute Gasteiger partial charge is 0.319 e. The van der Waals surface area contributed by atoms with Crippen LogP contribution in [-0.2, 0) is 17.6 Å². The molecule has 1 atom stereocenters.